The zero-order chi connectivity index (χ0) is 24.1. The first-order chi connectivity index (χ1) is 15.7. The van der Waals surface area contributed by atoms with E-state index in [1.54, 1.807) is 0 Å². The third-order valence-electron chi connectivity index (χ3n) is 6.04. The van der Waals surface area contributed by atoms with Crippen LogP contribution in [0, 0.1) is 0 Å². The molecule has 0 unspecified atom stereocenters. The molecule has 0 aliphatic heterocycles. The Labute approximate surface area is 203 Å². The number of nitrogens with zero attached hydrogens (tertiary/aromatic N) is 2. The summed E-state index contributed by atoms with van der Waals surface area (Å²) >= 11 is 0. The average Bonchev–Trinajstić information content (AvgIpc) is 2.76. The second-order valence-corrected chi connectivity index (χ2v) is 12.0. The Morgan fingerprint density at radius 3 is 1.15 bits per heavy atom. The maximum atomic E-state index is 2.57. The lowest BCUT2D eigenvalue weighted by atomic mass is 10.2. The maximum absolute atomic E-state index is 2.57. The number of hydrogen-bond acceptors (Lipinski definition) is 2. The average molecular weight is 461 g/mol. The zero-order valence-electron chi connectivity index (χ0n) is 21.7. The molecule has 0 bridgehead atoms. The summed E-state index contributed by atoms with van der Waals surface area (Å²) in [4.78, 5) is 5.14. The Hall–Kier alpha value is -2.31. The third kappa shape index (κ3) is 5.61. The Balaban J connectivity index is 2.32. The molecule has 0 aliphatic carbocycles. The summed E-state index contributed by atoms with van der Waals surface area (Å²) < 4.78 is 0. The lowest BCUT2D eigenvalue weighted by Crippen LogP contribution is -2.42. The Morgan fingerprint density at radius 2 is 0.788 bits per heavy atom. The van der Waals surface area contributed by atoms with E-state index in [0.717, 1.165) is 0 Å². The fourth-order valence-corrected chi connectivity index (χ4v) is 7.63. The van der Waals surface area contributed by atoms with Crippen LogP contribution in [0.25, 0.3) is 0 Å². The van der Waals surface area contributed by atoms with Crippen LogP contribution in [0.2, 0.25) is 0 Å². The third-order valence-corrected chi connectivity index (χ3v) is 8.58. The van der Waals surface area contributed by atoms with Crippen molar-refractivity contribution in [2.75, 3.05) is 9.80 Å². The lowest BCUT2D eigenvalue weighted by molar-refractivity contribution is 0.609. The Kier molecular flexibility index (Phi) is 8.60. The van der Waals surface area contributed by atoms with E-state index in [0.29, 0.717) is 24.2 Å². The molecular weight excluding hydrogens is 419 g/mol. The molecule has 176 valence electrons. The molecule has 3 heteroatoms. The van der Waals surface area contributed by atoms with Crippen molar-refractivity contribution in [3.63, 3.8) is 0 Å². The van der Waals surface area contributed by atoms with Crippen molar-refractivity contribution in [3.05, 3.63) is 78.9 Å². The highest BCUT2D eigenvalue weighted by atomic mass is 31.1. The van der Waals surface area contributed by atoms with E-state index in [1.807, 2.05) is 0 Å². The molecule has 3 rings (SSSR count). The summed E-state index contributed by atoms with van der Waals surface area (Å²) in [5.74, 6) is 0. The summed E-state index contributed by atoms with van der Waals surface area (Å²) in [6.45, 7) is 18.4. The van der Waals surface area contributed by atoms with Gasteiger partial charge < -0.3 is 9.80 Å². The molecule has 0 saturated heterocycles. The highest BCUT2D eigenvalue weighted by Crippen LogP contribution is 2.41. The van der Waals surface area contributed by atoms with Gasteiger partial charge in [-0.1, -0.05) is 66.7 Å². The topological polar surface area (TPSA) is 6.48 Å². The quantitative estimate of drug-likeness (QED) is 0.328. The molecule has 0 aromatic heterocycles. The van der Waals surface area contributed by atoms with Crippen molar-refractivity contribution in [1.29, 1.82) is 0 Å². The van der Waals surface area contributed by atoms with Gasteiger partial charge in [0.05, 0.1) is 0 Å². The van der Waals surface area contributed by atoms with E-state index >= 15 is 0 Å². The highest BCUT2D eigenvalue weighted by Gasteiger charge is 2.28. The van der Waals surface area contributed by atoms with Crippen molar-refractivity contribution in [3.8, 4) is 0 Å². The minimum atomic E-state index is -0.735. The molecule has 3 aromatic carbocycles. The van der Waals surface area contributed by atoms with Crippen LogP contribution >= 0.6 is 7.92 Å². The number of para-hydroxylation sites is 2. The van der Waals surface area contributed by atoms with E-state index < -0.39 is 7.92 Å². The monoisotopic (exact) mass is 460 g/mol. The number of rotatable bonds is 9. The molecule has 0 aliphatic rings. The van der Waals surface area contributed by atoms with Crippen LogP contribution in [-0.2, 0) is 0 Å². The van der Waals surface area contributed by atoms with Crippen LogP contribution < -0.4 is 25.7 Å². The first-order valence-electron chi connectivity index (χ1n) is 12.3. The molecule has 0 N–H and O–H groups in total. The fraction of sp³-hybridized carbons (Fsp3) is 0.400. The van der Waals surface area contributed by atoms with E-state index in [-0.39, 0.29) is 0 Å². The molecule has 2 nitrogen and oxygen atoms in total. The van der Waals surface area contributed by atoms with Crippen LogP contribution in [0.5, 0.6) is 0 Å². The smallest absolute Gasteiger partial charge is 0.0455 e. The number of benzene rings is 3. The summed E-state index contributed by atoms with van der Waals surface area (Å²) in [7, 11) is -0.735. The van der Waals surface area contributed by atoms with E-state index in [4.69, 9.17) is 0 Å². The van der Waals surface area contributed by atoms with Gasteiger partial charge >= 0.3 is 0 Å². The summed E-state index contributed by atoms with van der Waals surface area (Å²) in [5.41, 5.74) is 2.71. The summed E-state index contributed by atoms with van der Waals surface area (Å²) in [6, 6.07) is 31.0. The van der Waals surface area contributed by atoms with E-state index in [2.05, 4.69) is 144 Å². The van der Waals surface area contributed by atoms with Crippen LogP contribution in [0.4, 0.5) is 11.4 Å². The fourth-order valence-electron chi connectivity index (χ4n) is 5.03. The van der Waals surface area contributed by atoms with Gasteiger partial charge in [-0.3, -0.25) is 0 Å². The van der Waals surface area contributed by atoms with Crippen molar-refractivity contribution in [1.82, 2.24) is 0 Å². The minimum Gasteiger partial charge on any atom is -0.366 e. The van der Waals surface area contributed by atoms with Gasteiger partial charge in [-0.25, -0.2) is 0 Å². The van der Waals surface area contributed by atoms with Gasteiger partial charge in [0.15, 0.2) is 0 Å². The number of hydrogen-bond donors (Lipinski definition) is 0. The van der Waals surface area contributed by atoms with E-state index in [9.17, 15) is 0 Å². The van der Waals surface area contributed by atoms with Gasteiger partial charge in [0.1, 0.15) is 0 Å². The maximum Gasteiger partial charge on any atom is 0.0455 e. The molecule has 0 amide bonds. The molecule has 0 fully saturated rings. The Bertz CT molecular complexity index is 931. The molecule has 0 heterocycles. The Morgan fingerprint density at radius 1 is 0.455 bits per heavy atom. The van der Waals surface area contributed by atoms with Gasteiger partial charge in [-0.2, -0.15) is 0 Å². The van der Waals surface area contributed by atoms with Crippen LogP contribution in [-0.4, -0.2) is 24.2 Å². The lowest BCUT2D eigenvalue weighted by Gasteiger charge is -2.39. The SMILES string of the molecule is CC(C)N(c1ccccc1P(c1ccccc1)c1ccccc1N(C(C)C)C(C)C)C(C)C. The molecule has 0 radical (unpaired) electrons. The van der Waals surface area contributed by atoms with Crippen molar-refractivity contribution in [2.24, 2.45) is 0 Å². The molecule has 0 spiro atoms. The van der Waals surface area contributed by atoms with Crippen molar-refractivity contribution >= 4 is 35.2 Å². The first kappa shape index (κ1) is 25.3. The van der Waals surface area contributed by atoms with Crippen LogP contribution in [0.15, 0.2) is 78.9 Å². The minimum absolute atomic E-state index is 0.428. The van der Waals surface area contributed by atoms with Crippen molar-refractivity contribution < 1.29 is 0 Å². The van der Waals surface area contributed by atoms with Crippen molar-refractivity contribution in [2.45, 2.75) is 79.6 Å². The second-order valence-electron chi connectivity index (χ2n) is 9.84. The molecular formula is C30H41N2P. The molecule has 0 saturated carbocycles. The van der Waals surface area contributed by atoms with Crippen LogP contribution in [0.3, 0.4) is 0 Å². The summed E-state index contributed by atoms with van der Waals surface area (Å²) in [6.07, 6.45) is 0. The van der Waals surface area contributed by atoms with Gasteiger partial charge in [0.25, 0.3) is 0 Å². The predicted octanol–water partition coefficient (Wildman–Crippen LogP) is 6.69. The van der Waals surface area contributed by atoms with Gasteiger partial charge in [-0.15, -0.1) is 0 Å². The zero-order valence-corrected chi connectivity index (χ0v) is 22.6. The van der Waals surface area contributed by atoms with Gasteiger partial charge in [-0.05, 0) is 80.7 Å². The number of anilines is 2. The highest BCUT2D eigenvalue weighted by molar-refractivity contribution is 7.80. The summed E-state index contributed by atoms with van der Waals surface area (Å²) in [5, 5.41) is 4.26. The second kappa shape index (κ2) is 11.2. The van der Waals surface area contributed by atoms with Gasteiger partial charge in [0, 0.05) is 46.2 Å². The first-order valence-corrected chi connectivity index (χ1v) is 13.7. The predicted molar refractivity (Wildman–Crippen MR) is 151 cm³/mol. The van der Waals surface area contributed by atoms with Gasteiger partial charge in [0.2, 0.25) is 0 Å². The molecule has 33 heavy (non-hydrogen) atoms. The van der Waals surface area contributed by atoms with Crippen LogP contribution in [0.1, 0.15) is 55.4 Å². The largest absolute Gasteiger partial charge is 0.366 e. The van der Waals surface area contributed by atoms with E-state index in [1.165, 1.54) is 27.3 Å². The normalized spacial score (nSPS) is 11.8. The molecule has 3 aromatic rings. The molecule has 0 atom stereocenters. The standard InChI is InChI=1S/C30H41N2P/c1-22(2)31(23(3)4)27-18-12-14-20-29(27)33(26-16-10-9-11-17-26)30-21-15-13-19-28(30)32(24(5)6)25(7)8/h9-25H,1-8H3.